The molecule has 0 spiro atoms. The van der Waals surface area contributed by atoms with Crippen LogP contribution in [-0.4, -0.2) is 22.6 Å². The van der Waals surface area contributed by atoms with Gasteiger partial charge in [-0.05, 0) is 24.3 Å². The molecule has 0 saturated heterocycles. The van der Waals surface area contributed by atoms with Crippen LogP contribution < -0.4 is 15.6 Å². The largest absolute Gasteiger partial charge is 0.495 e. The van der Waals surface area contributed by atoms with Crippen LogP contribution in [0.4, 0.5) is 5.69 Å². The van der Waals surface area contributed by atoms with Gasteiger partial charge >= 0.3 is 0 Å². The molecule has 0 aliphatic carbocycles. The molecule has 30 heavy (non-hydrogen) atoms. The number of fused-ring (bicyclic) bond motifs is 4. The van der Waals surface area contributed by atoms with E-state index in [9.17, 15) is 9.59 Å². The summed E-state index contributed by atoms with van der Waals surface area (Å²) in [5.41, 5.74) is 2.77. The van der Waals surface area contributed by atoms with Gasteiger partial charge in [-0.15, -0.1) is 0 Å². The Kier molecular flexibility index (Phi) is 4.21. The Balaban J connectivity index is 1.51. The summed E-state index contributed by atoms with van der Waals surface area (Å²) in [6, 6.07) is 18.5. The van der Waals surface area contributed by atoms with Crippen molar-refractivity contribution < 1.29 is 13.9 Å². The number of anilines is 1. The van der Waals surface area contributed by atoms with E-state index in [0.29, 0.717) is 28.1 Å². The van der Waals surface area contributed by atoms with Gasteiger partial charge in [0.15, 0.2) is 0 Å². The van der Waals surface area contributed by atoms with Gasteiger partial charge in [-0.25, -0.2) is 4.98 Å². The highest BCUT2D eigenvalue weighted by Crippen LogP contribution is 2.36. The second-order valence-electron chi connectivity index (χ2n) is 6.87. The van der Waals surface area contributed by atoms with E-state index < -0.39 is 0 Å². The lowest BCUT2D eigenvalue weighted by molar-refractivity contribution is -0.116. The van der Waals surface area contributed by atoms with E-state index in [0.717, 1.165) is 16.4 Å². The minimum absolute atomic E-state index is 0.150. The maximum absolute atomic E-state index is 12.8. The molecule has 0 unspecified atom stereocenters. The minimum atomic E-state index is -0.359. The number of para-hydroxylation sites is 3. The Morgan fingerprint density at radius 3 is 2.73 bits per heavy atom. The quantitative estimate of drug-likeness (QED) is 0.495. The lowest BCUT2D eigenvalue weighted by Gasteiger charge is -2.12. The topological polar surface area (TPSA) is 86.4 Å². The van der Waals surface area contributed by atoms with Crippen LogP contribution in [0.25, 0.3) is 33.0 Å². The predicted molar refractivity (Wildman–Crippen MR) is 115 cm³/mol. The molecular weight excluding hydrogens is 382 g/mol. The summed E-state index contributed by atoms with van der Waals surface area (Å²) in [5.74, 6) is 0.150. The van der Waals surface area contributed by atoms with Gasteiger partial charge in [-0.3, -0.25) is 14.2 Å². The highest BCUT2D eigenvalue weighted by molar-refractivity contribution is 6.07. The van der Waals surface area contributed by atoms with Crippen molar-refractivity contribution in [1.29, 1.82) is 0 Å². The number of aromatic nitrogens is 2. The van der Waals surface area contributed by atoms with Crippen LogP contribution in [0.5, 0.6) is 5.75 Å². The van der Waals surface area contributed by atoms with E-state index in [1.807, 2.05) is 36.4 Å². The van der Waals surface area contributed by atoms with Crippen molar-refractivity contribution in [3.05, 3.63) is 77.2 Å². The summed E-state index contributed by atoms with van der Waals surface area (Å²) in [5, 5.41) is 4.70. The second kappa shape index (κ2) is 7.04. The van der Waals surface area contributed by atoms with Crippen molar-refractivity contribution in [3.8, 4) is 5.75 Å². The monoisotopic (exact) mass is 399 g/mol. The number of carbonyl (C=O) groups excluding carboxylic acids is 1. The Bertz CT molecular complexity index is 1480. The molecule has 2 heterocycles. The maximum atomic E-state index is 12.8. The number of amides is 1. The van der Waals surface area contributed by atoms with E-state index in [1.54, 1.807) is 31.4 Å². The molecule has 2 aromatic heterocycles. The molecule has 0 bridgehead atoms. The van der Waals surface area contributed by atoms with E-state index in [4.69, 9.17) is 9.15 Å². The summed E-state index contributed by atoms with van der Waals surface area (Å²) in [7, 11) is 1.54. The second-order valence-corrected chi connectivity index (χ2v) is 6.87. The first-order valence-corrected chi connectivity index (χ1v) is 9.38. The van der Waals surface area contributed by atoms with Crippen molar-refractivity contribution in [2.75, 3.05) is 12.4 Å². The van der Waals surface area contributed by atoms with Crippen LogP contribution in [0.3, 0.4) is 0 Å². The number of rotatable bonds is 4. The van der Waals surface area contributed by atoms with Crippen molar-refractivity contribution >= 4 is 44.6 Å². The van der Waals surface area contributed by atoms with E-state index in [1.165, 1.54) is 10.8 Å². The molecule has 148 valence electrons. The Labute approximate surface area is 170 Å². The summed E-state index contributed by atoms with van der Waals surface area (Å²) < 4.78 is 12.8. The molecule has 0 radical (unpaired) electrons. The molecule has 5 rings (SSSR count). The number of ether oxygens (including phenoxy) is 1. The van der Waals surface area contributed by atoms with Crippen molar-refractivity contribution in [1.82, 2.24) is 9.55 Å². The third-order valence-electron chi connectivity index (χ3n) is 5.03. The lowest BCUT2D eigenvalue weighted by atomic mass is 10.1. The zero-order valence-corrected chi connectivity index (χ0v) is 16.1. The molecule has 1 amide bonds. The Hall–Kier alpha value is -4.13. The summed E-state index contributed by atoms with van der Waals surface area (Å²) >= 11 is 0. The molecule has 0 saturated carbocycles. The van der Waals surface area contributed by atoms with Gasteiger partial charge in [0.25, 0.3) is 5.56 Å². The van der Waals surface area contributed by atoms with Gasteiger partial charge in [-0.2, -0.15) is 0 Å². The molecule has 3 aromatic carbocycles. The van der Waals surface area contributed by atoms with Crippen LogP contribution in [0.2, 0.25) is 0 Å². The average molecular weight is 399 g/mol. The van der Waals surface area contributed by atoms with Crippen LogP contribution >= 0.6 is 0 Å². The molecule has 5 aromatic rings. The fourth-order valence-electron chi connectivity index (χ4n) is 3.63. The van der Waals surface area contributed by atoms with E-state index in [-0.39, 0.29) is 18.0 Å². The number of nitrogens with zero attached hydrogens (tertiary/aromatic N) is 2. The van der Waals surface area contributed by atoms with Crippen molar-refractivity contribution in [2.45, 2.75) is 6.54 Å². The molecule has 1 N–H and O–H groups in total. The molecule has 0 aliphatic heterocycles. The molecular formula is C23H17N3O4. The molecule has 7 nitrogen and oxygen atoms in total. The molecule has 0 fully saturated rings. The summed E-state index contributed by atoms with van der Waals surface area (Å²) in [6.45, 7) is -0.150. The third kappa shape index (κ3) is 2.97. The number of carbonyl (C=O) groups is 1. The smallest absolute Gasteiger partial charge is 0.269 e. The molecule has 0 atom stereocenters. The van der Waals surface area contributed by atoms with Gasteiger partial charge in [0.1, 0.15) is 23.5 Å². The fraction of sp³-hybridized carbons (Fsp3) is 0.0870. The first-order chi connectivity index (χ1) is 14.6. The van der Waals surface area contributed by atoms with Gasteiger partial charge in [0, 0.05) is 16.8 Å². The highest BCUT2D eigenvalue weighted by atomic mass is 16.5. The van der Waals surface area contributed by atoms with Crippen LogP contribution in [0, 0.1) is 0 Å². The molecule has 0 aliphatic rings. The lowest BCUT2D eigenvalue weighted by Crippen LogP contribution is -2.28. The zero-order chi connectivity index (χ0) is 20.7. The first-order valence-electron chi connectivity index (χ1n) is 9.38. The van der Waals surface area contributed by atoms with Crippen molar-refractivity contribution in [2.24, 2.45) is 0 Å². The Morgan fingerprint density at radius 2 is 1.87 bits per heavy atom. The number of hydrogen-bond donors (Lipinski definition) is 1. The van der Waals surface area contributed by atoms with Crippen LogP contribution in [0.1, 0.15) is 0 Å². The fourth-order valence-corrected chi connectivity index (χ4v) is 3.63. The van der Waals surface area contributed by atoms with E-state index >= 15 is 0 Å². The molecule has 7 heteroatoms. The Morgan fingerprint density at radius 1 is 1.07 bits per heavy atom. The van der Waals surface area contributed by atoms with Crippen LogP contribution in [0.15, 0.2) is 76.1 Å². The first kappa shape index (κ1) is 17.9. The SMILES string of the molecule is COc1cc2c(cc1NC(=O)Cn1c(=O)cnc3ccccc31)oc1ccccc12. The maximum Gasteiger partial charge on any atom is 0.269 e. The number of nitrogens with one attached hydrogen (secondary N) is 1. The zero-order valence-electron chi connectivity index (χ0n) is 16.1. The standard InChI is InChI=1S/C23H17N3O4/c1-29-21-10-15-14-6-2-5-9-19(14)30-20(15)11-17(21)25-22(27)13-26-18-8-4-3-7-16(18)24-12-23(26)28/h2-12H,13H2,1H3,(H,25,27). The van der Waals surface area contributed by atoms with Gasteiger partial charge in [-0.1, -0.05) is 30.3 Å². The number of benzene rings is 3. The van der Waals surface area contributed by atoms with Gasteiger partial charge in [0.05, 0.1) is 30.0 Å². The van der Waals surface area contributed by atoms with Gasteiger partial charge in [0.2, 0.25) is 5.91 Å². The third-order valence-corrected chi connectivity index (χ3v) is 5.03. The van der Waals surface area contributed by atoms with Crippen LogP contribution in [-0.2, 0) is 11.3 Å². The summed E-state index contributed by atoms with van der Waals surface area (Å²) in [4.78, 5) is 29.2. The average Bonchev–Trinajstić information content (AvgIpc) is 3.12. The number of furan rings is 1. The predicted octanol–water partition coefficient (Wildman–Crippen LogP) is 3.94. The highest BCUT2D eigenvalue weighted by Gasteiger charge is 2.15. The number of methoxy groups -OCH3 is 1. The normalized spacial score (nSPS) is 11.2. The summed E-state index contributed by atoms with van der Waals surface area (Å²) in [6.07, 6.45) is 1.22. The van der Waals surface area contributed by atoms with E-state index in [2.05, 4.69) is 10.3 Å². The van der Waals surface area contributed by atoms with Crippen molar-refractivity contribution in [3.63, 3.8) is 0 Å². The van der Waals surface area contributed by atoms with Gasteiger partial charge < -0.3 is 14.5 Å². The minimum Gasteiger partial charge on any atom is -0.495 e. The number of hydrogen-bond acceptors (Lipinski definition) is 5.